The molecule has 0 saturated carbocycles. The van der Waals surface area contributed by atoms with Crippen LogP contribution < -0.4 is 10.0 Å². The predicted molar refractivity (Wildman–Crippen MR) is 176 cm³/mol. The summed E-state index contributed by atoms with van der Waals surface area (Å²) in [5.74, 6) is -1.34. The van der Waals surface area contributed by atoms with E-state index in [-0.39, 0.29) is 21.6 Å². The topological polar surface area (TPSA) is 106 Å². The normalized spacial score (nSPS) is 12.7. The predicted octanol–water partition coefficient (Wildman–Crippen LogP) is 7.41. The Kier molecular flexibility index (Phi) is 8.27. The Morgan fingerprint density at radius 2 is 1.57 bits per heavy atom. The Balaban J connectivity index is 1.33. The van der Waals surface area contributed by atoms with E-state index in [1.807, 2.05) is 63.2 Å². The molecule has 2 N–H and O–H groups in total. The lowest BCUT2D eigenvalue weighted by molar-refractivity contribution is -0.123. The van der Waals surface area contributed by atoms with Crippen molar-refractivity contribution in [2.75, 3.05) is 10.0 Å². The molecule has 0 radical (unpaired) electrons. The molecule has 228 valence electrons. The molecular weight excluding hydrogens is 574 g/mol. The number of amides is 1. The van der Waals surface area contributed by atoms with E-state index in [0.717, 1.165) is 33.9 Å². The fourth-order valence-electron chi connectivity index (χ4n) is 5.30. The second-order valence-corrected chi connectivity index (χ2v) is 13.6. The minimum Gasteiger partial charge on any atom is -0.449 e. The van der Waals surface area contributed by atoms with Crippen molar-refractivity contribution < 1.29 is 22.7 Å². The number of hydrogen-bond donors (Lipinski definition) is 2. The molecule has 0 spiro atoms. The maximum Gasteiger partial charge on any atom is 0.341 e. The first-order valence-electron chi connectivity index (χ1n) is 14.6. The summed E-state index contributed by atoms with van der Waals surface area (Å²) in [6, 6.07) is 25.3. The average molecular weight is 612 g/mol. The zero-order valence-electron chi connectivity index (χ0n) is 25.8. The van der Waals surface area contributed by atoms with E-state index in [0.29, 0.717) is 11.3 Å². The van der Waals surface area contributed by atoms with Crippen LogP contribution in [0.5, 0.6) is 0 Å². The van der Waals surface area contributed by atoms with Gasteiger partial charge in [0.1, 0.15) is 0 Å². The maximum absolute atomic E-state index is 13.5. The molecule has 0 aliphatic rings. The molecule has 8 nitrogen and oxygen atoms in total. The molecule has 0 aliphatic carbocycles. The monoisotopic (exact) mass is 611 g/mol. The fraction of sp³-hybridized carbons (Fsp3) is 0.257. The van der Waals surface area contributed by atoms with E-state index in [9.17, 15) is 18.0 Å². The Morgan fingerprint density at radius 1 is 0.886 bits per heavy atom. The summed E-state index contributed by atoms with van der Waals surface area (Å²) in [4.78, 5) is 26.4. The van der Waals surface area contributed by atoms with Gasteiger partial charge in [0.15, 0.2) is 6.10 Å². The van der Waals surface area contributed by atoms with Crippen LogP contribution in [0, 0.1) is 6.92 Å². The number of nitrogens with one attached hydrogen (secondary N) is 2. The second-order valence-electron chi connectivity index (χ2n) is 11.9. The van der Waals surface area contributed by atoms with Crippen molar-refractivity contribution in [1.82, 2.24) is 4.57 Å². The smallest absolute Gasteiger partial charge is 0.341 e. The first-order chi connectivity index (χ1) is 20.8. The molecule has 0 aliphatic heterocycles. The van der Waals surface area contributed by atoms with Crippen molar-refractivity contribution in [1.29, 1.82) is 0 Å². The molecule has 5 aromatic rings. The molecule has 0 bridgehead atoms. The van der Waals surface area contributed by atoms with E-state index < -0.39 is 28.0 Å². The summed E-state index contributed by atoms with van der Waals surface area (Å²) in [5, 5.41) is 4.94. The molecule has 0 saturated heterocycles. The third kappa shape index (κ3) is 6.05. The Morgan fingerprint density at radius 3 is 2.30 bits per heavy atom. The number of anilines is 2. The maximum atomic E-state index is 13.5. The number of fused-ring (bicyclic) bond motifs is 3. The molecule has 1 unspecified atom stereocenters. The molecule has 5 rings (SSSR count). The summed E-state index contributed by atoms with van der Waals surface area (Å²) >= 11 is 0. The van der Waals surface area contributed by atoms with Crippen LogP contribution in [0.4, 0.5) is 11.4 Å². The third-order valence-corrected chi connectivity index (χ3v) is 9.25. The van der Waals surface area contributed by atoms with Gasteiger partial charge in [-0.25, -0.2) is 13.2 Å². The Hall–Kier alpha value is -4.63. The van der Waals surface area contributed by atoms with Gasteiger partial charge in [-0.1, -0.05) is 63.2 Å². The van der Waals surface area contributed by atoms with Crippen LogP contribution in [0.1, 0.15) is 56.1 Å². The number of aromatic nitrogens is 1. The van der Waals surface area contributed by atoms with Crippen molar-refractivity contribution in [2.24, 2.45) is 0 Å². The van der Waals surface area contributed by atoms with E-state index in [4.69, 9.17) is 4.74 Å². The fourth-order valence-corrected chi connectivity index (χ4v) is 6.65. The van der Waals surface area contributed by atoms with Gasteiger partial charge in [-0.2, -0.15) is 0 Å². The highest BCUT2D eigenvalue weighted by molar-refractivity contribution is 7.92. The van der Waals surface area contributed by atoms with Gasteiger partial charge < -0.3 is 14.6 Å². The van der Waals surface area contributed by atoms with E-state index >= 15 is 0 Å². The second kappa shape index (κ2) is 11.8. The van der Waals surface area contributed by atoms with Crippen molar-refractivity contribution in [3.8, 4) is 0 Å². The highest BCUT2D eigenvalue weighted by Crippen LogP contribution is 2.32. The van der Waals surface area contributed by atoms with Gasteiger partial charge in [0.2, 0.25) is 0 Å². The van der Waals surface area contributed by atoms with Crippen molar-refractivity contribution in [2.45, 2.75) is 64.5 Å². The third-order valence-electron chi connectivity index (χ3n) is 7.74. The first kappa shape index (κ1) is 30.8. The molecule has 0 fully saturated rings. The highest BCUT2D eigenvalue weighted by atomic mass is 32.2. The summed E-state index contributed by atoms with van der Waals surface area (Å²) < 4.78 is 37.2. The van der Waals surface area contributed by atoms with Crippen LogP contribution in [-0.2, 0) is 31.5 Å². The number of para-hydroxylation sites is 2. The zero-order chi connectivity index (χ0) is 31.8. The summed E-state index contributed by atoms with van der Waals surface area (Å²) in [6.07, 6.45) is -1.15. The van der Waals surface area contributed by atoms with Crippen molar-refractivity contribution in [3.63, 3.8) is 0 Å². The quantitative estimate of drug-likeness (QED) is 0.178. The van der Waals surface area contributed by atoms with E-state index in [2.05, 4.69) is 27.6 Å². The summed E-state index contributed by atoms with van der Waals surface area (Å²) in [6.45, 7) is 12.1. The van der Waals surface area contributed by atoms with Crippen molar-refractivity contribution in [3.05, 3.63) is 102 Å². The molecule has 44 heavy (non-hydrogen) atoms. The van der Waals surface area contributed by atoms with Gasteiger partial charge in [0.05, 0.1) is 16.1 Å². The lowest BCUT2D eigenvalue weighted by atomic mass is 9.87. The van der Waals surface area contributed by atoms with Crippen LogP contribution in [0.15, 0.2) is 89.8 Å². The van der Waals surface area contributed by atoms with E-state index in [1.165, 1.54) is 19.1 Å². The molecule has 1 heterocycles. The number of esters is 1. The van der Waals surface area contributed by atoms with Gasteiger partial charge in [-0.3, -0.25) is 9.52 Å². The Bertz CT molecular complexity index is 2000. The number of ether oxygens (including phenoxy) is 1. The van der Waals surface area contributed by atoms with Gasteiger partial charge in [-0.05, 0) is 79.8 Å². The zero-order valence-corrected chi connectivity index (χ0v) is 26.6. The van der Waals surface area contributed by atoms with Gasteiger partial charge in [0.25, 0.3) is 15.9 Å². The first-order valence-corrected chi connectivity index (χ1v) is 16.0. The molecule has 1 aromatic heterocycles. The lowest BCUT2D eigenvalue weighted by Crippen LogP contribution is -2.30. The number of carbonyl (C=O) groups is 2. The van der Waals surface area contributed by atoms with Gasteiger partial charge in [0, 0.05) is 34.0 Å². The number of hydrogen-bond acceptors (Lipinski definition) is 5. The van der Waals surface area contributed by atoms with Crippen LogP contribution in [0.25, 0.3) is 21.8 Å². The minimum atomic E-state index is -4.04. The molecule has 1 atom stereocenters. The Labute approximate surface area is 258 Å². The summed E-state index contributed by atoms with van der Waals surface area (Å²) in [7, 11) is -4.04. The van der Waals surface area contributed by atoms with Crippen LogP contribution in [0.2, 0.25) is 0 Å². The van der Waals surface area contributed by atoms with Gasteiger partial charge >= 0.3 is 5.97 Å². The SMILES string of the molecule is CCn1c2ccccc2c2cc(NC(=O)C(C)OC(=O)c3ccccc3NS(=O)(=O)c3cc(C(C)(C)C)ccc3C)ccc21. The number of aryl methyl sites for hydroxylation is 2. The number of rotatable bonds is 8. The molecule has 1 amide bonds. The van der Waals surface area contributed by atoms with Gasteiger partial charge in [-0.15, -0.1) is 0 Å². The summed E-state index contributed by atoms with van der Waals surface area (Å²) in [5.41, 5.74) is 3.99. The standard InChI is InChI=1S/C35H37N3O5S/c1-7-38-30-15-11-9-12-26(30)28-21-25(18-19-31(28)38)36-33(39)23(3)43-34(40)27-13-8-10-14-29(27)37-44(41,42)32-20-24(35(4,5)6)17-16-22(32)2/h8-21,23,37H,7H2,1-6H3,(H,36,39). The highest BCUT2D eigenvalue weighted by Gasteiger charge is 2.26. The number of sulfonamides is 1. The molecular formula is C35H37N3O5S. The van der Waals surface area contributed by atoms with Crippen LogP contribution >= 0.6 is 0 Å². The molecule has 9 heteroatoms. The van der Waals surface area contributed by atoms with Crippen LogP contribution in [-0.4, -0.2) is 31.0 Å². The number of benzene rings is 4. The number of carbonyl (C=O) groups excluding carboxylic acids is 2. The molecule has 4 aromatic carbocycles. The average Bonchev–Trinajstić information content (AvgIpc) is 3.29. The number of nitrogens with zero attached hydrogens (tertiary/aromatic N) is 1. The van der Waals surface area contributed by atoms with Crippen LogP contribution in [0.3, 0.4) is 0 Å². The minimum absolute atomic E-state index is 0.00542. The lowest BCUT2D eigenvalue weighted by Gasteiger charge is -2.21. The van der Waals surface area contributed by atoms with Crippen molar-refractivity contribution >= 4 is 55.1 Å². The van der Waals surface area contributed by atoms with E-state index in [1.54, 1.807) is 31.2 Å². The largest absolute Gasteiger partial charge is 0.449 e.